The molecule has 0 bridgehead atoms. The number of benzene rings is 3. The number of hydrogen-bond acceptors (Lipinski definition) is 3. The Labute approximate surface area is 214 Å². The molecule has 3 atom stereocenters. The van der Waals surface area contributed by atoms with Crippen LogP contribution in [0.2, 0.25) is 0 Å². The topological polar surface area (TPSA) is 40.6 Å². The van der Waals surface area contributed by atoms with Crippen LogP contribution in [0.5, 0.6) is 0 Å². The highest BCUT2D eigenvalue weighted by Gasteiger charge is 2.50. The summed E-state index contributed by atoms with van der Waals surface area (Å²) in [6.07, 6.45) is 1.65. The van der Waals surface area contributed by atoms with Crippen molar-refractivity contribution in [3.63, 3.8) is 0 Å². The zero-order valence-corrected chi connectivity index (χ0v) is 22.1. The highest BCUT2D eigenvalue weighted by Crippen LogP contribution is 2.43. The number of fused-ring (bicyclic) bond motifs is 1. The van der Waals surface area contributed by atoms with Gasteiger partial charge in [-0.3, -0.25) is 4.90 Å². The van der Waals surface area contributed by atoms with E-state index in [0.29, 0.717) is 18.0 Å². The zero-order valence-electron chi connectivity index (χ0n) is 21.3. The van der Waals surface area contributed by atoms with Crippen molar-refractivity contribution in [3.05, 3.63) is 89.0 Å². The van der Waals surface area contributed by atoms with E-state index in [1.54, 1.807) is 16.4 Å². The Balaban J connectivity index is 1.44. The van der Waals surface area contributed by atoms with Crippen molar-refractivity contribution in [2.24, 2.45) is 0 Å². The first-order chi connectivity index (χ1) is 17.3. The van der Waals surface area contributed by atoms with Gasteiger partial charge in [0.2, 0.25) is 10.0 Å². The second-order valence-corrected chi connectivity index (χ2v) is 12.2. The Morgan fingerprint density at radius 1 is 0.861 bits per heavy atom. The standard InChI is InChI=1S/C30H35FN2O2S/c1-21-10-8-11-26(23(21)3)24-13-15-25(16-14-24)30-27(19-31)33-18-7-6-17-32(20-28(30)33)36(34,35)29-12-5-4-9-22(29)2/h4-5,8-16,27-28,30H,6-7,17-20H2,1-3H3/t27-,28?,30-/m1/s1. The first-order valence-corrected chi connectivity index (χ1v) is 14.3. The van der Waals surface area contributed by atoms with Gasteiger partial charge in [-0.25, -0.2) is 12.8 Å². The lowest BCUT2D eigenvalue weighted by Crippen LogP contribution is -2.67. The van der Waals surface area contributed by atoms with Crippen molar-refractivity contribution >= 4 is 10.0 Å². The first-order valence-electron chi connectivity index (χ1n) is 12.9. The molecule has 6 heteroatoms. The maximum Gasteiger partial charge on any atom is 0.243 e. The monoisotopic (exact) mass is 506 g/mol. The molecule has 2 aliphatic heterocycles. The lowest BCUT2D eigenvalue weighted by atomic mass is 9.74. The number of alkyl halides is 1. The largest absolute Gasteiger partial charge is 0.292 e. The Bertz CT molecular complexity index is 1340. The van der Waals surface area contributed by atoms with Gasteiger partial charge in [-0.15, -0.1) is 0 Å². The van der Waals surface area contributed by atoms with Gasteiger partial charge >= 0.3 is 0 Å². The predicted octanol–water partition coefficient (Wildman–Crippen LogP) is 5.87. The van der Waals surface area contributed by atoms with Gasteiger partial charge in [0.1, 0.15) is 6.67 Å². The molecule has 0 aliphatic carbocycles. The van der Waals surface area contributed by atoms with Crippen molar-refractivity contribution in [1.82, 2.24) is 9.21 Å². The fraction of sp³-hybridized carbons (Fsp3) is 0.400. The summed E-state index contributed by atoms with van der Waals surface area (Å²) in [6.45, 7) is 7.37. The van der Waals surface area contributed by atoms with Crippen LogP contribution >= 0.6 is 0 Å². The van der Waals surface area contributed by atoms with E-state index in [9.17, 15) is 12.8 Å². The molecule has 0 amide bonds. The second kappa shape index (κ2) is 10.1. The van der Waals surface area contributed by atoms with Gasteiger partial charge in [-0.2, -0.15) is 4.31 Å². The molecule has 2 heterocycles. The van der Waals surface area contributed by atoms with Gasteiger partial charge in [-0.1, -0.05) is 60.7 Å². The van der Waals surface area contributed by atoms with Crippen LogP contribution in [0.3, 0.4) is 0 Å². The third-order valence-electron chi connectivity index (χ3n) is 8.23. The molecule has 1 unspecified atom stereocenters. The minimum atomic E-state index is -3.62. The minimum Gasteiger partial charge on any atom is -0.292 e. The van der Waals surface area contributed by atoms with E-state index in [-0.39, 0.29) is 18.0 Å². The van der Waals surface area contributed by atoms with Crippen LogP contribution < -0.4 is 0 Å². The normalized spacial score (nSPS) is 23.4. The van der Waals surface area contributed by atoms with E-state index in [0.717, 1.165) is 36.1 Å². The van der Waals surface area contributed by atoms with E-state index in [4.69, 9.17) is 0 Å². The molecule has 2 saturated heterocycles. The van der Waals surface area contributed by atoms with Crippen molar-refractivity contribution in [3.8, 4) is 11.1 Å². The summed E-state index contributed by atoms with van der Waals surface area (Å²) in [4.78, 5) is 2.57. The molecular formula is C30H35FN2O2S. The van der Waals surface area contributed by atoms with Crippen LogP contribution in [0.4, 0.5) is 4.39 Å². The number of halogens is 1. The molecule has 4 nitrogen and oxygen atoms in total. The van der Waals surface area contributed by atoms with Crippen LogP contribution in [0.15, 0.2) is 71.6 Å². The van der Waals surface area contributed by atoms with Gasteiger partial charge in [-0.05, 0) is 79.6 Å². The fourth-order valence-corrected chi connectivity index (χ4v) is 7.75. The summed E-state index contributed by atoms with van der Waals surface area (Å²) in [5, 5.41) is 0. The minimum absolute atomic E-state index is 0.0311. The molecule has 0 aromatic heterocycles. The summed E-state index contributed by atoms with van der Waals surface area (Å²) in [5.74, 6) is -0.0321. The quantitative estimate of drug-likeness (QED) is 0.435. The van der Waals surface area contributed by atoms with E-state index < -0.39 is 16.7 Å². The van der Waals surface area contributed by atoms with Gasteiger partial charge in [0.15, 0.2) is 0 Å². The van der Waals surface area contributed by atoms with Crippen LogP contribution in [-0.2, 0) is 10.0 Å². The average Bonchev–Trinajstić information content (AvgIpc) is 2.85. The maximum absolute atomic E-state index is 14.3. The summed E-state index contributed by atoms with van der Waals surface area (Å²) >= 11 is 0. The summed E-state index contributed by atoms with van der Waals surface area (Å²) in [7, 11) is -3.62. The molecule has 0 N–H and O–H groups in total. The number of nitrogens with zero attached hydrogens (tertiary/aromatic N) is 2. The Kier molecular flexibility index (Phi) is 7.03. The van der Waals surface area contributed by atoms with Crippen LogP contribution in [-0.4, -0.2) is 56.0 Å². The number of aryl methyl sites for hydroxylation is 2. The molecule has 3 aromatic carbocycles. The molecule has 5 rings (SSSR count). The van der Waals surface area contributed by atoms with Crippen molar-refractivity contribution in [2.75, 3.05) is 26.3 Å². The highest BCUT2D eigenvalue weighted by atomic mass is 32.2. The van der Waals surface area contributed by atoms with E-state index in [2.05, 4.69) is 61.2 Å². The molecule has 0 radical (unpaired) electrons. The number of rotatable bonds is 5. The highest BCUT2D eigenvalue weighted by molar-refractivity contribution is 7.89. The molecule has 36 heavy (non-hydrogen) atoms. The molecule has 2 aliphatic rings. The fourth-order valence-electron chi connectivity index (χ4n) is 6.03. The number of sulfonamides is 1. The molecular weight excluding hydrogens is 471 g/mol. The first kappa shape index (κ1) is 25.1. The molecule has 190 valence electrons. The molecule has 3 aromatic rings. The van der Waals surface area contributed by atoms with Gasteiger partial charge < -0.3 is 0 Å². The maximum atomic E-state index is 14.3. The lowest BCUT2D eigenvalue weighted by Gasteiger charge is -2.56. The van der Waals surface area contributed by atoms with Crippen LogP contribution in [0.1, 0.15) is 41.0 Å². The van der Waals surface area contributed by atoms with Crippen LogP contribution in [0, 0.1) is 20.8 Å². The second-order valence-electron chi connectivity index (χ2n) is 10.3. The lowest BCUT2D eigenvalue weighted by molar-refractivity contribution is -0.0414. The van der Waals surface area contributed by atoms with Crippen LogP contribution in [0.25, 0.3) is 11.1 Å². The Hall–Kier alpha value is -2.54. The van der Waals surface area contributed by atoms with Crippen molar-refractivity contribution in [2.45, 2.75) is 56.5 Å². The van der Waals surface area contributed by atoms with Gasteiger partial charge in [0.05, 0.1) is 4.90 Å². The molecule has 2 fully saturated rings. The van der Waals surface area contributed by atoms with E-state index in [1.165, 1.54) is 16.7 Å². The molecule has 0 saturated carbocycles. The SMILES string of the molecule is Cc1ccccc1S(=O)(=O)N1CCCCN2C(C1)[C@H](c1ccc(-c3cccc(C)c3C)cc1)[C@H]2CF. The van der Waals surface area contributed by atoms with Gasteiger partial charge in [0, 0.05) is 31.1 Å². The van der Waals surface area contributed by atoms with Crippen molar-refractivity contribution in [1.29, 1.82) is 0 Å². The predicted molar refractivity (Wildman–Crippen MR) is 144 cm³/mol. The van der Waals surface area contributed by atoms with Gasteiger partial charge in [0.25, 0.3) is 0 Å². The number of hydrogen-bond donors (Lipinski definition) is 0. The molecule has 0 spiro atoms. The summed E-state index contributed by atoms with van der Waals surface area (Å²) < 4.78 is 43.2. The van der Waals surface area contributed by atoms with E-state index in [1.807, 2.05) is 19.1 Å². The third-order valence-corrected chi connectivity index (χ3v) is 10.3. The average molecular weight is 507 g/mol. The third kappa shape index (κ3) is 4.40. The zero-order chi connectivity index (χ0) is 25.4. The Morgan fingerprint density at radius 3 is 2.28 bits per heavy atom. The van der Waals surface area contributed by atoms with E-state index >= 15 is 0 Å². The van der Waals surface area contributed by atoms with Crippen molar-refractivity contribution < 1.29 is 12.8 Å². The summed E-state index contributed by atoms with van der Waals surface area (Å²) in [6, 6.07) is 21.7. The smallest absolute Gasteiger partial charge is 0.243 e. The Morgan fingerprint density at radius 2 is 1.56 bits per heavy atom. The summed E-state index contributed by atoms with van der Waals surface area (Å²) in [5.41, 5.74) is 6.72.